The molecular formula is C22H26ClMnN2O4+. The summed E-state index contributed by atoms with van der Waals surface area (Å²) in [4.78, 5) is 9.40. The Morgan fingerprint density at radius 2 is 1.20 bits per heavy atom. The van der Waals surface area contributed by atoms with Crippen molar-refractivity contribution in [1.29, 1.82) is 0 Å². The molecule has 1 fully saturated rings. The molecule has 8 heteroatoms. The van der Waals surface area contributed by atoms with Gasteiger partial charge in [-0.2, -0.15) is 0 Å². The van der Waals surface area contributed by atoms with Crippen LogP contribution in [0.1, 0.15) is 36.8 Å². The van der Waals surface area contributed by atoms with Crippen LogP contribution < -0.4 is 21.9 Å². The number of aliphatic imine (C=N–C) groups is 2. The van der Waals surface area contributed by atoms with E-state index >= 15 is 0 Å². The first kappa shape index (κ1) is 25.8. The van der Waals surface area contributed by atoms with Gasteiger partial charge in [0.2, 0.25) is 0 Å². The van der Waals surface area contributed by atoms with Gasteiger partial charge in [-0.3, -0.25) is 9.98 Å². The molecule has 0 heterocycles. The van der Waals surface area contributed by atoms with Crippen molar-refractivity contribution in [1.82, 2.24) is 0 Å². The Kier molecular flexibility index (Phi) is 10.7. The molecule has 161 valence electrons. The molecule has 2 unspecified atom stereocenters. The summed E-state index contributed by atoms with van der Waals surface area (Å²) in [6.07, 6.45) is 7.46. The van der Waals surface area contributed by atoms with E-state index in [4.69, 9.17) is 19.5 Å². The fourth-order valence-corrected chi connectivity index (χ4v) is 3.41. The maximum absolute atomic E-state index is 10.2. The second-order valence-electron chi connectivity index (χ2n) is 6.77. The molecule has 0 aliphatic heterocycles. The standard InChI is InChI=1S/C22H26N2O4.ClH.Mn/c1-27-19-11-5-7-15(21(19)25)13-23-17-9-3-4-10-18(17)24-14-16-8-6-12-20(28-2)22(16)26;;/h5-8,11-14,17-18,25-26H,3-4,9-10H2,1-2H3;1H;/q;;+2/p-1. The summed E-state index contributed by atoms with van der Waals surface area (Å²) in [6, 6.07) is 10.7. The fraction of sp³-hybridized carbons (Fsp3) is 0.364. The molecule has 2 atom stereocenters. The molecule has 1 saturated carbocycles. The third-order valence-electron chi connectivity index (χ3n) is 5.00. The summed E-state index contributed by atoms with van der Waals surface area (Å²) < 4.78 is 10.3. The third kappa shape index (κ3) is 6.14. The van der Waals surface area contributed by atoms with Crippen molar-refractivity contribution in [2.24, 2.45) is 9.98 Å². The predicted octanol–water partition coefficient (Wildman–Crippen LogP) is 0.966. The van der Waals surface area contributed by atoms with E-state index in [1.165, 1.54) is 14.2 Å². The van der Waals surface area contributed by atoms with Crippen LogP contribution in [0.25, 0.3) is 0 Å². The molecule has 1 aliphatic carbocycles. The van der Waals surface area contributed by atoms with Crippen molar-refractivity contribution >= 4 is 12.4 Å². The van der Waals surface area contributed by atoms with Gasteiger partial charge >= 0.3 is 17.1 Å². The number of methoxy groups -OCH3 is 2. The Balaban J connectivity index is 0.00000225. The molecule has 0 saturated heterocycles. The van der Waals surface area contributed by atoms with Crippen molar-refractivity contribution < 1.29 is 49.2 Å². The maximum atomic E-state index is 10.2. The van der Waals surface area contributed by atoms with Gasteiger partial charge in [0.15, 0.2) is 23.0 Å². The Labute approximate surface area is 193 Å². The normalized spacial score (nSPS) is 18.6. The molecule has 0 amide bonds. The number of rotatable bonds is 6. The van der Waals surface area contributed by atoms with E-state index in [0.29, 0.717) is 22.6 Å². The van der Waals surface area contributed by atoms with Crippen molar-refractivity contribution in [2.75, 3.05) is 14.2 Å². The van der Waals surface area contributed by atoms with Gasteiger partial charge in [-0.1, -0.05) is 25.0 Å². The number of nitrogens with zero attached hydrogens (tertiary/aromatic N) is 2. The van der Waals surface area contributed by atoms with Crippen LogP contribution in [-0.2, 0) is 17.1 Å². The molecule has 30 heavy (non-hydrogen) atoms. The smallest absolute Gasteiger partial charge is 1.00 e. The van der Waals surface area contributed by atoms with Gasteiger partial charge in [-0.05, 0) is 37.1 Å². The van der Waals surface area contributed by atoms with Crippen LogP contribution in [0.2, 0.25) is 0 Å². The minimum atomic E-state index is 0. The van der Waals surface area contributed by atoms with Crippen LogP contribution in [0.5, 0.6) is 23.0 Å². The Morgan fingerprint density at radius 1 is 0.800 bits per heavy atom. The molecule has 0 spiro atoms. The summed E-state index contributed by atoms with van der Waals surface area (Å²) >= 11 is 0. The summed E-state index contributed by atoms with van der Waals surface area (Å²) in [5, 5.41) is 20.5. The second-order valence-corrected chi connectivity index (χ2v) is 6.77. The number of benzene rings is 2. The summed E-state index contributed by atoms with van der Waals surface area (Å²) in [6.45, 7) is 0. The van der Waals surface area contributed by atoms with Crippen LogP contribution >= 0.6 is 0 Å². The number of ether oxygens (including phenoxy) is 2. The van der Waals surface area contributed by atoms with E-state index in [0.717, 1.165) is 25.7 Å². The first-order valence-electron chi connectivity index (χ1n) is 9.42. The molecule has 6 nitrogen and oxygen atoms in total. The quantitative estimate of drug-likeness (QED) is 0.485. The molecule has 1 aliphatic rings. The van der Waals surface area contributed by atoms with E-state index in [2.05, 4.69) is 0 Å². The second kappa shape index (κ2) is 12.5. The van der Waals surface area contributed by atoms with Crippen LogP contribution in [0.15, 0.2) is 46.4 Å². The Morgan fingerprint density at radius 3 is 1.57 bits per heavy atom. The van der Waals surface area contributed by atoms with Crippen molar-refractivity contribution in [2.45, 2.75) is 37.8 Å². The number of para-hydroxylation sites is 2. The predicted molar refractivity (Wildman–Crippen MR) is 111 cm³/mol. The number of hydrogen-bond acceptors (Lipinski definition) is 6. The monoisotopic (exact) mass is 472 g/mol. The molecule has 2 aromatic rings. The van der Waals surface area contributed by atoms with Gasteiger partial charge in [0.25, 0.3) is 0 Å². The Hall–Kier alpha value is -2.21. The van der Waals surface area contributed by atoms with E-state index in [-0.39, 0.29) is 53.1 Å². The fourth-order valence-electron chi connectivity index (χ4n) is 3.41. The molecule has 1 radical (unpaired) electrons. The number of halogens is 1. The molecule has 0 aromatic heterocycles. The SMILES string of the molecule is COc1cccc(C=NC2CCCCC2N=Cc2cccc(OC)c2O)c1O.[Cl-].[Mn+2]. The van der Waals surface area contributed by atoms with Gasteiger partial charge in [0.05, 0.1) is 26.3 Å². The zero-order valence-electron chi connectivity index (χ0n) is 17.0. The number of phenolic OH excluding ortho intramolecular Hbond substituents is 2. The third-order valence-corrected chi connectivity index (χ3v) is 5.00. The van der Waals surface area contributed by atoms with E-state index in [1.807, 2.05) is 12.1 Å². The van der Waals surface area contributed by atoms with Crippen LogP contribution in [0, 0.1) is 0 Å². The minimum absolute atomic E-state index is 0. The number of phenols is 2. The maximum Gasteiger partial charge on any atom is 2.00 e. The zero-order chi connectivity index (χ0) is 19.9. The average molecular weight is 473 g/mol. The summed E-state index contributed by atoms with van der Waals surface area (Å²) in [7, 11) is 3.05. The average Bonchev–Trinajstić information content (AvgIpc) is 2.73. The van der Waals surface area contributed by atoms with E-state index < -0.39 is 0 Å². The molecule has 2 N–H and O–H groups in total. The largest absolute Gasteiger partial charge is 2.00 e. The summed E-state index contributed by atoms with van der Waals surface area (Å²) in [5.41, 5.74) is 1.25. The molecule has 3 rings (SSSR count). The number of aromatic hydroxyl groups is 2. The van der Waals surface area contributed by atoms with Gasteiger partial charge in [0, 0.05) is 23.6 Å². The number of hydrogen-bond donors (Lipinski definition) is 2. The van der Waals surface area contributed by atoms with Crippen molar-refractivity contribution in [3.63, 3.8) is 0 Å². The first-order chi connectivity index (χ1) is 13.6. The zero-order valence-corrected chi connectivity index (χ0v) is 18.9. The van der Waals surface area contributed by atoms with Gasteiger partial charge in [-0.25, -0.2) is 0 Å². The van der Waals surface area contributed by atoms with Crippen molar-refractivity contribution in [3.05, 3.63) is 47.5 Å². The van der Waals surface area contributed by atoms with Gasteiger partial charge in [0.1, 0.15) is 0 Å². The topological polar surface area (TPSA) is 83.6 Å². The van der Waals surface area contributed by atoms with E-state index in [9.17, 15) is 10.2 Å². The molecular weight excluding hydrogens is 447 g/mol. The van der Waals surface area contributed by atoms with Gasteiger partial charge in [-0.15, -0.1) is 0 Å². The van der Waals surface area contributed by atoms with Crippen LogP contribution in [-0.4, -0.2) is 48.9 Å². The Bertz CT molecular complexity index is 805. The first-order valence-corrected chi connectivity index (χ1v) is 9.42. The van der Waals surface area contributed by atoms with Crippen LogP contribution in [0.4, 0.5) is 0 Å². The van der Waals surface area contributed by atoms with Gasteiger partial charge < -0.3 is 32.1 Å². The summed E-state index contributed by atoms with van der Waals surface area (Å²) in [5.74, 6) is 1.03. The molecule has 0 bridgehead atoms. The van der Waals surface area contributed by atoms with Crippen molar-refractivity contribution in [3.8, 4) is 23.0 Å². The van der Waals surface area contributed by atoms with E-state index in [1.54, 1.807) is 36.7 Å². The molecule has 2 aromatic carbocycles. The minimum Gasteiger partial charge on any atom is -1.00 e. The van der Waals surface area contributed by atoms with Crippen LogP contribution in [0.3, 0.4) is 0 Å².